The Kier molecular flexibility index (Phi) is 7.08. The lowest BCUT2D eigenvalue weighted by molar-refractivity contribution is -0.104. The van der Waals surface area contributed by atoms with E-state index in [9.17, 15) is 4.79 Å². The SMILES string of the molecule is N=C(N)/C(C=O)=C(\NI)Nc1ccc(OCc2ccccc2)c(Cl)c1. The largest absolute Gasteiger partial charge is 0.487 e. The molecule has 25 heavy (non-hydrogen) atoms. The van der Waals surface area contributed by atoms with Crippen molar-refractivity contribution in [2.45, 2.75) is 6.61 Å². The molecule has 0 unspecified atom stereocenters. The fourth-order valence-corrected chi connectivity index (χ4v) is 2.63. The van der Waals surface area contributed by atoms with Gasteiger partial charge in [0.1, 0.15) is 24.0 Å². The van der Waals surface area contributed by atoms with Crippen molar-refractivity contribution in [3.8, 4) is 5.75 Å². The summed E-state index contributed by atoms with van der Waals surface area (Å²) in [6.07, 6.45) is 0.509. The van der Waals surface area contributed by atoms with E-state index in [1.807, 2.05) is 53.2 Å². The maximum atomic E-state index is 11.1. The second-order valence-corrected chi connectivity index (χ2v) is 5.91. The summed E-state index contributed by atoms with van der Waals surface area (Å²) >= 11 is 8.10. The number of carbonyl (C=O) groups excluding carboxylic acids is 1. The molecule has 0 heterocycles. The Morgan fingerprint density at radius 1 is 1.28 bits per heavy atom. The molecule has 5 N–H and O–H groups in total. The number of aldehydes is 1. The van der Waals surface area contributed by atoms with Crippen LogP contribution in [0.2, 0.25) is 5.02 Å². The molecule has 2 aromatic carbocycles. The molecule has 0 aromatic heterocycles. The highest BCUT2D eigenvalue weighted by molar-refractivity contribution is 14.1. The highest BCUT2D eigenvalue weighted by atomic mass is 127. The van der Waals surface area contributed by atoms with Crippen molar-refractivity contribution in [3.63, 3.8) is 0 Å². The number of halogens is 2. The standard InChI is InChI=1S/C17H16ClIN4O2/c18-14-8-12(22-17(23-19)13(9-24)16(20)21)6-7-15(14)25-10-11-4-2-1-3-5-11/h1-9,22-23H,10H2,(H3,20,21)/b17-13-. The molecule has 6 nitrogen and oxygen atoms in total. The molecule has 0 fully saturated rings. The number of rotatable bonds is 8. The number of hydrogen-bond donors (Lipinski definition) is 4. The van der Waals surface area contributed by atoms with Crippen molar-refractivity contribution in [3.05, 3.63) is 70.5 Å². The van der Waals surface area contributed by atoms with E-state index >= 15 is 0 Å². The monoisotopic (exact) mass is 470 g/mol. The zero-order valence-electron chi connectivity index (χ0n) is 13.1. The molecule has 0 aliphatic heterocycles. The molecule has 0 saturated heterocycles. The normalized spacial score (nSPS) is 11.3. The van der Waals surface area contributed by atoms with Gasteiger partial charge in [-0.1, -0.05) is 41.9 Å². The van der Waals surface area contributed by atoms with E-state index in [-0.39, 0.29) is 11.4 Å². The highest BCUT2D eigenvalue weighted by Gasteiger charge is 2.10. The summed E-state index contributed by atoms with van der Waals surface area (Å²) in [4.78, 5) is 11.1. The summed E-state index contributed by atoms with van der Waals surface area (Å²) in [5, 5.41) is 10.8. The van der Waals surface area contributed by atoms with Gasteiger partial charge in [-0.2, -0.15) is 0 Å². The Hall–Kier alpha value is -2.26. The first-order valence-electron chi connectivity index (χ1n) is 7.19. The Bertz CT molecular complexity index is 796. The Balaban J connectivity index is 2.13. The van der Waals surface area contributed by atoms with Crippen molar-refractivity contribution in [1.29, 1.82) is 5.41 Å². The van der Waals surface area contributed by atoms with Crippen LogP contribution in [0.3, 0.4) is 0 Å². The lowest BCUT2D eigenvalue weighted by Crippen LogP contribution is -2.23. The van der Waals surface area contributed by atoms with Gasteiger partial charge in [-0.25, -0.2) is 0 Å². The van der Waals surface area contributed by atoms with Crippen LogP contribution in [-0.2, 0) is 11.4 Å². The first-order valence-corrected chi connectivity index (χ1v) is 8.64. The minimum Gasteiger partial charge on any atom is -0.487 e. The van der Waals surface area contributed by atoms with Crippen LogP contribution in [0.5, 0.6) is 5.75 Å². The predicted octanol–water partition coefficient (Wildman–Crippen LogP) is 3.62. The summed E-state index contributed by atoms with van der Waals surface area (Å²) in [7, 11) is 0. The third kappa shape index (κ3) is 5.36. The summed E-state index contributed by atoms with van der Waals surface area (Å²) < 4.78 is 8.49. The molecule has 0 aliphatic rings. The summed E-state index contributed by atoms with van der Waals surface area (Å²) in [5.41, 5.74) is 7.08. The van der Waals surface area contributed by atoms with E-state index in [0.717, 1.165) is 5.56 Å². The average Bonchev–Trinajstić information content (AvgIpc) is 2.61. The van der Waals surface area contributed by atoms with Crippen molar-refractivity contribution >= 4 is 52.3 Å². The Morgan fingerprint density at radius 3 is 2.56 bits per heavy atom. The maximum absolute atomic E-state index is 11.1. The predicted molar refractivity (Wildman–Crippen MR) is 108 cm³/mol. The van der Waals surface area contributed by atoms with Gasteiger partial charge in [-0.05, 0) is 23.8 Å². The van der Waals surface area contributed by atoms with Crippen LogP contribution in [-0.4, -0.2) is 12.1 Å². The molecular weight excluding hydrogens is 455 g/mol. The maximum Gasteiger partial charge on any atom is 0.157 e. The number of hydrogen-bond acceptors (Lipinski definition) is 5. The fraction of sp³-hybridized carbons (Fsp3) is 0.0588. The van der Waals surface area contributed by atoms with E-state index in [1.54, 1.807) is 18.2 Å². The van der Waals surface area contributed by atoms with Crippen LogP contribution in [0, 0.1) is 5.41 Å². The molecule has 130 valence electrons. The van der Waals surface area contributed by atoms with Crippen molar-refractivity contribution in [1.82, 2.24) is 3.53 Å². The first-order chi connectivity index (χ1) is 12.0. The quantitative estimate of drug-likeness (QED) is 0.118. The minimum atomic E-state index is -0.337. The molecule has 0 bridgehead atoms. The topological polar surface area (TPSA) is 100 Å². The third-order valence-corrected chi connectivity index (χ3v) is 4.04. The van der Waals surface area contributed by atoms with Crippen LogP contribution >= 0.6 is 34.5 Å². The fourth-order valence-electron chi connectivity index (χ4n) is 1.97. The van der Waals surface area contributed by atoms with Gasteiger partial charge in [-0.3, -0.25) is 10.2 Å². The lowest BCUT2D eigenvalue weighted by Gasteiger charge is -2.14. The van der Waals surface area contributed by atoms with Gasteiger partial charge in [0.25, 0.3) is 0 Å². The average molecular weight is 471 g/mol. The van der Waals surface area contributed by atoms with Crippen LogP contribution in [0.1, 0.15) is 5.56 Å². The van der Waals surface area contributed by atoms with E-state index in [2.05, 4.69) is 8.85 Å². The number of anilines is 1. The number of nitrogens with two attached hydrogens (primary N) is 1. The van der Waals surface area contributed by atoms with Crippen LogP contribution in [0.4, 0.5) is 5.69 Å². The summed E-state index contributed by atoms with van der Waals surface area (Å²) in [6, 6.07) is 14.9. The smallest absolute Gasteiger partial charge is 0.157 e. The van der Waals surface area contributed by atoms with Gasteiger partial charge in [-0.15, -0.1) is 0 Å². The van der Waals surface area contributed by atoms with Crippen LogP contribution < -0.4 is 19.3 Å². The number of amidine groups is 1. The summed E-state index contributed by atoms with van der Waals surface area (Å²) in [6.45, 7) is 0.410. The van der Waals surface area contributed by atoms with Gasteiger partial charge in [0.2, 0.25) is 0 Å². The molecule has 8 heteroatoms. The molecule has 0 saturated carbocycles. The van der Waals surface area contributed by atoms with Crippen LogP contribution in [0.15, 0.2) is 59.9 Å². The van der Waals surface area contributed by atoms with Gasteiger partial charge < -0.3 is 19.3 Å². The van der Waals surface area contributed by atoms with Gasteiger partial charge in [0.15, 0.2) is 6.29 Å². The molecule has 2 rings (SSSR count). The third-order valence-electron chi connectivity index (χ3n) is 3.21. The second-order valence-electron chi connectivity index (χ2n) is 4.96. The number of benzene rings is 2. The zero-order valence-corrected chi connectivity index (χ0v) is 16.0. The van der Waals surface area contributed by atoms with E-state index in [4.69, 9.17) is 27.5 Å². The molecule has 0 radical (unpaired) electrons. The summed E-state index contributed by atoms with van der Waals surface area (Å²) in [5.74, 6) is 0.513. The van der Waals surface area contributed by atoms with Crippen LogP contribution in [0.25, 0.3) is 0 Å². The van der Waals surface area contributed by atoms with Crippen molar-refractivity contribution in [2.75, 3.05) is 5.32 Å². The molecule has 0 atom stereocenters. The van der Waals surface area contributed by atoms with Gasteiger partial charge in [0.05, 0.1) is 33.5 Å². The van der Waals surface area contributed by atoms with E-state index < -0.39 is 0 Å². The Morgan fingerprint density at radius 2 is 2.00 bits per heavy atom. The molecule has 2 aromatic rings. The number of nitrogens with one attached hydrogen (secondary N) is 3. The van der Waals surface area contributed by atoms with Gasteiger partial charge in [0, 0.05) is 5.69 Å². The Labute approximate surface area is 164 Å². The second kappa shape index (κ2) is 9.28. The first kappa shape index (κ1) is 19.1. The molecule has 0 spiro atoms. The van der Waals surface area contributed by atoms with E-state index in [0.29, 0.717) is 35.2 Å². The van der Waals surface area contributed by atoms with E-state index in [1.165, 1.54) is 0 Å². The number of carbonyl (C=O) groups is 1. The van der Waals surface area contributed by atoms with Crippen molar-refractivity contribution < 1.29 is 9.53 Å². The minimum absolute atomic E-state index is 0.0231. The lowest BCUT2D eigenvalue weighted by atomic mass is 10.2. The van der Waals surface area contributed by atoms with Gasteiger partial charge >= 0.3 is 0 Å². The molecule has 0 amide bonds. The molecular formula is C17H16ClIN4O2. The number of ether oxygens (including phenoxy) is 1. The van der Waals surface area contributed by atoms with Crippen molar-refractivity contribution in [2.24, 2.45) is 5.73 Å². The molecule has 0 aliphatic carbocycles. The zero-order chi connectivity index (χ0) is 18.2. The highest BCUT2D eigenvalue weighted by Crippen LogP contribution is 2.29.